The molecule has 0 saturated heterocycles. The number of benzene rings is 1. The Kier molecular flexibility index (Phi) is 7.41. The molecule has 0 aliphatic heterocycles. The van der Waals surface area contributed by atoms with Gasteiger partial charge >= 0.3 is 0 Å². The average Bonchev–Trinajstić information content (AvgIpc) is 2.34. The molecule has 1 radical (unpaired) electrons. The van der Waals surface area contributed by atoms with Crippen molar-refractivity contribution in [3.8, 4) is 0 Å². The zero-order valence-electron chi connectivity index (χ0n) is 10.4. The molecule has 0 aromatic heterocycles. The van der Waals surface area contributed by atoms with E-state index in [4.69, 9.17) is 12.6 Å². The largest absolute Gasteiger partial charge is 0.0890 e. The molecule has 0 N–H and O–H groups in total. The van der Waals surface area contributed by atoms with Gasteiger partial charge in [0.2, 0.25) is 0 Å². The molecule has 0 heterocycles. The van der Waals surface area contributed by atoms with Crippen LogP contribution in [0.4, 0.5) is 0 Å². The molecule has 16 heavy (non-hydrogen) atoms. The fraction of sp³-hybridized carbons (Fsp3) is 0.600. The van der Waals surface area contributed by atoms with Gasteiger partial charge in [0.15, 0.2) is 0 Å². The van der Waals surface area contributed by atoms with E-state index in [0.29, 0.717) is 0 Å². The number of hydrogen-bond acceptors (Lipinski definition) is 0. The van der Waals surface area contributed by atoms with Crippen LogP contribution in [0.3, 0.4) is 0 Å². The Balaban J connectivity index is 2.21. The first-order valence-corrected chi connectivity index (χ1v) is 7.11. The Bertz CT molecular complexity index is 281. The zero-order valence-corrected chi connectivity index (χ0v) is 11.2. The van der Waals surface area contributed by atoms with Crippen LogP contribution in [-0.4, -0.2) is 0 Å². The Labute approximate surface area is 106 Å². The van der Waals surface area contributed by atoms with E-state index in [1.54, 1.807) is 0 Å². The molecular weight excluding hydrogens is 212 g/mol. The lowest BCUT2D eigenvalue weighted by molar-refractivity contribution is 0.607. The third kappa shape index (κ3) is 5.07. The Morgan fingerprint density at radius 2 is 1.50 bits per heavy atom. The molecule has 0 fully saturated rings. The van der Waals surface area contributed by atoms with Crippen LogP contribution in [0, 0.1) is 0 Å². The summed E-state index contributed by atoms with van der Waals surface area (Å²) in [6.07, 6.45) is 9.41. The van der Waals surface area contributed by atoms with Gasteiger partial charge in [-0.25, -0.2) is 0 Å². The smallest absolute Gasteiger partial charge is 0.0291 e. The Morgan fingerprint density at radius 3 is 2.19 bits per heavy atom. The highest BCUT2D eigenvalue weighted by Crippen LogP contribution is 2.15. The monoisotopic (exact) mass is 235 g/mol. The van der Waals surface area contributed by atoms with Crippen LogP contribution in [-0.2, 0) is 12.2 Å². The Hall–Kier alpha value is -0.430. The summed E-state index contributed by atoms with van der Waals surface area (Å²) in [5, 5.41) is 0. The van der Waals surface area contributed by atoms with E-state index in [9.17, 15) is 0 Å². The van der Waals surface area contributed by atoms with Crippen LogP contribution in [0.1, 0.15) is 56.6 Å². The van der Waals surface area contributed by atoms with Gasteiger partial charge in [0, 0.05) is 5.75 Å². The summed E-state index contributed by atoms with van der Waals surface area (Å²) >= 11 is 5.14. The van der Waals surface area contributed by atoms with Crippen molar-refractivity contribution >= 4 is 12.6 Å². The summed E-state index contributed by atoms with van der Waals surface area (Å²) in [6.45, 7) is 2.26. The molecule has 1 rings (SSSR count). The fourth-order valence-electron chi connectivity index (χ4n) is 2.04. The molecule has 0 unspecified atom stereocenters. The van der Waals surface area contributed by atoms with Gasteiger partial charge in [0.25, 0.3) is 0 Å². The van der Waals surface area contributed by atoms with Crippen molar-refractivity contribution in [2.75, 3.05) is 0 Å². The van der Waals surface area contributed by atoms with Crippen LogP contribution in [0.2, 0.25) is 0 Å². The normalized spacial score (nSPS) is 10.6. The van der Waals surface area contributed by atoms with E-state index in [2.05, 4.69) is 31.2 Å². The number of aryl methyl sites for hydroxylation is 1. The molecule has 0 amide bonds. The van der Waals surface area contributed by atoms with Gasteiger partial charge in [0.1, 0.15) is 0 Å². The predicted octanol–water partition coefficient (Wildman–Crippen LogP) is 5.29. The standard InChI is InChI=1S/C15H23S/c1-2-3-4-5-6-7-10-14-11-8-9-12-15(14)13-16/h8-9,11-12H,2-7,10,13H2,1H3. The quantitative estimate of drug-likeness (QED) is 0.537. The molecule has 0 aliphatic carbocycles. The van der Waals surface area contributed by atoms with E-state index in [1.165, 1.54) is 56.1 Å². The van der Waals surface area contributed by atoms with Gasteiger partial charge < -0.3 is 0 Å². The van der Waals surface area contributed by atoms with Crippen molar-refractivity contribution in [1.29, 1.82) is 0 Å². The molecule has 89 valence electrons. The maximum Gasteiger partial charge on any atom is 0.0291 e. The molecular formula is C15H23S. The lowest BCUT2D eigenvalue weighted by Gasteiger charge is -2.06. The predicted molar refractivity (Wildman–Crippen MR) is 74.8 cm³/mol. The zero-order chi connectivity index (χ0) is 11.6. The summed E-state index contributed by atoms with van der Waals surface area (Å²) in [5.41, 5.74) is 2.82. The molecule has 1 aromatic rings. The second-order valence-electron chi connectivity index (χ2n) is 4.43. The average molecular weight is 235 g/mol. The first-order valence-electron chi connectivity index (χ1n) is 6.53. The summed E-state index contributed by atoms with van der Waals surface area (Å²) in [5.74, 6) is 0.756. The summed E-state index contributed by atoms with van der Waals surface area (Å²) in [4.78, 5) is 0. The van der Waals surface area contributed by atoms with Gasteiger partial charge in [-0.2, -0.15) is 0 Å². The second-order valence-corrected chi connectivity index (χ2v) is 4.72. The van der Waals surface area contributed by atoms with Crippen molar-refractivity contribution in [2.45, 2.75) is 57.6 Å². The van der Waals surface area contributed by atoms with E-state index < -0.39 is 0 Å². The lowest BCUT2D eigenvalue weighted by atomic mass is 10.0. The Morgan fingerprint density at radius 1 is 0.875 bits per heavy atom. The van der Waals surface area contributed by atoms with Gasteiger partial charge in [0.05, 0.1) is 0 Å². The first kappa shape index (κ1) is 13.6. The molecule has 0 atom stereocenters. The molecule has 1 aromatic carbocycles. The van der Waals surface area contributed by atoms with E-state index in [-0.39, 0.29) is 0 Å². The van der Waals surface area contributed by atoms with Crippen LogP contribution >= 0.6 is 12.6 Å². The van der Waals surface area contributed by atoms with Crippen molar-refractivity contribution in [3.63, 3.8) is 0 Å². The molecule has 0 aliphatic rings. The maximum atomic E-state index is 5.14. The molecule has 1 heteroatoms. The maximum absolute atomic E-state index is 5.14. The lowest BCUT2D eigenvalue weighted by Crippen LogP contribution is -1.92. The van der Waals surface area contributed by atoms with Crippen LogP contribution < -0.4 is 0 Å². The molecule has 0 spiro atoms. The SMILES string of the molecule is CCCCCCCCc1ccccc1C[S]. The van der Waals surface area contributed by atoms with Gasteiger partial charge in [-0.1, -0.05) is 75.9 Å². The van der Waals surface area contributed by atoms with Crippen molar-refractivity contribution in [3.05, 3.63) is 35.4 Å². The number of hydrogen-bond donors (Lipinski definition) is 0. The van der Waals surface area contributed by atoms with Crippen molar-refractivity contribution in [1.82, 2.24) is 0 Å². The minimum atomic E-state index is 0.756. The summed E-state index contributed by atoms with van der Waals surface area (Å²) in [7, 11) is 0. The highest BCUT2D eigenvalue weighted by Gasteiger charge is 1.99. The van der Waals surface area contributed by atoms with E-state index >= 15 is 0 Å². The van der Waals surface area contributed by atoms with E-state index in [1.807, 2.05) is 0 Å². The van der Waals surface area contributed by atoms with Gasteiger partial charge in [-0.3, -0.25) is 0 Å². The molecule has 0 saturated carbocycles. The van der Waals surface area contributed by atoms with Crippen LogP contribution in [0.15, 0.2) is 24.3 Å². The minimum absolute atomic E-state index is 0.756. The van der Waals surface area contributed by atoms with Crippen LogP contribution in [0.5, 0.6) is 0 Å². The molecule has 0 nitrogen and oxygen atoms in total. The van der Waals surface area contributed by atoms with Crippen molar-refractivity contribution in [2.24, 2.45) is 0 Å². The highest BCUT2D eigenvalue weighted by molar-refractivity contribution is 7.79. The van der Waals surface area contributed by atoms with Gasteiger partial charge in [-0.15, -0.1) is 0 Å². The van der Waals surface area contributed by atoms with E-state index in [0.717, 1.165) is 5.75 Å². The fourth-order valence-corrected chi connectivity index (χ4v) is 2.32. The van der Waals surface area contributed by atoms with Crippen LogP contribution in [0.25, 0.3) is 0 Å². The minimum Gasteiger partial charge on any atom is -0.0890 e. The summed E-state index contributed by atoms with van der Waals surface area (Å²) < 4.78 is 0. The van der Waals surface area contributed by atoms with Gasteiger partial charge in [-0.05, 0) is 24.0 Å². The third-order valence-electron chi connectivity index (χ3n) is 3.07. The molecule has 0 bridgehead atoms. The first-order chi connectivity index (χ1) is 7.88. The highest BCUT2D eigenvalue weighted by atomic mass is 32.1. The third-order valence-corrected chi connectivity index (χ3v) is 3.38. The number of rotatable bonds is 8. The summed E-state index contributed by atoms with van der Waals surface area (Å²) in [6, 6.07) is 8.61. The second kappa shape index (κ2) is 8.69. The van der Waals surface area contributed by atoms with Crippen molar-refractivity contribution < 1.29 is 0 Å². The topological polar surface area (TPSA) is 0 Å². The number of unbranched alkanes of at least 4 members (excludes halogenated alkanes) is 5.